The quantitative estimate of drug-likeness (QED) is 0.676. The minimum atomic E-state index is 0.340. The highest BCUT2D eigenvalue weighted by atomic mass is 35.5. The van der Waals surface area contributed by atoms with Crippen LogP contribution in [-0.4, -0.2) is 9.97 Å². The van der Waals surface area contributed by atoms with Crippen LogP contribution in [0.25, 0.3) is 0 Å². The molecule has 18 heavy (non-hydrogen) atoms. The topological polar surface area (TPSA) is 51.8 Å². The molecule has 0 amide bonds. The van der Waals surface area contributed by atoms with E-state index in [0.29, 0.717) is 38.8 Å². The summed E-state index contributed by atoms with van der Waals surface area (Å²) in [5.74, 6) is 0.535. The molecular formula is C12H10Cl3N3. The van der Waals surface area contributed by atoms with Crippen molar-refractivity contribution in [2.75, 3.05) is 5.73 Å². The number of nitrogen functional groups attached to an aromatic ring is 1. The zero-order valence-corrected chi connectivity index (χ0v) is 11.8. The molecule has 1 aromatic carbocycles. The van der Waals surface area contributed by atoms with Crippen molar-refractivity contribution in [2.24, 2.45) is 0 Å². The Kier molecular flexibility index (Phi) is 3.95. The number of anilines is 1. The van der Waals surface area contributed by atoms with Crippen molar-refractivity contribution < 1.29 is 0 Å². The summed E-state index contributed by atoms with van der Waals surface area (Å²) in [6.45, 7) is 1.73. The zero-order valence-electron chi connectivity index (χ0n) is 9.54. The van der Waals surface area contributed by atoms with Crippen LogP contribution in [0.4, 0.5) is 5.69 Å². The second kappa shape index (κ2) is 5.31. The molecule has 2 aromatic rings. The fraction of sp³-hybridized carbons (Fsp3) is 0.167. The van der Waals surface area contributed by atoms with Crippen LogP contribution in [0.3, 0.4) is 0 Å². The van der Waals surface area contributed by atoms with E-state index in [1.807, 2.05) is 12.1 Å². The number of rotatable bonds is 2. The Morgan fingerprint density at radius 3 is 2.33 bits per heavy atom. The first kappa shape index (κ1) is 13.4. The highest BCUT2D eigenvalue weighted by Crippen LogP contribution is 2.29. The first-order chi connectivity index (χ1) is 8.49. The van der Waals surface area contributed by atoms with Crippen LogP contribution >= 0.6 is 34.8 Å². The molecular weight excluding hydrogens is 293 g/mol. The molecule has 1 heterocycles. The van der Waals surface area contributed by atoms with E-state index < -0.39 is 0 Å². The van der Waals surface area contributed by atoms with E-state index in [-0.39, 0.29) is 0 Å². The number of para-hydroxylation sites is 1. The Morgan fingerprint density at radius 2 is 1.72 bits per heavy atom. The summed E-state index contributed by atoms with van der Waals surface area (Å²) in [5, 5.41) is 1.19. The van der Waals surface area contributed by atoms with E-state index in [0.717, 1.165) is 5.56 Å². The number of aryl methyl sites for hydroxylation is 1. The average Bonchev–Trinajstić information content (AvgIpc) is 2.28. The van der Waals surface area contributed by atoms with Crippen molar-refractivity contribution in [3.63, 3.8) is 0 Å². The van der Waals surface area contributed by atoms with Crippen molar-refractivity contribution in [1.82, 2.24) is 9.97 Å². The van der Waals surface area contributed by atoms with Gasteiger partial charge in [0.05, 0.1) is 10.7 Å². The van der Waals surface area contributed by atoms with E-state index in [1.54, 1.807) is 13.0 Å². The first-order valence-corrected chi connectivity index (χ1v) is 6.34. The second-order valence-electron chi connectivity index (χ2n) is 3.82. The van der Waals surface area contributed by atoms with Gasteiger partial charge in [-0.1, -0.05) is 46.9 Å². The molecule has 2 N–H and O–H groups in total. The maximum atomic E-state index is 6.07. The first-order valence-electron chi connectivity index (χ1n) is 5.20. The Balaban J connectivity index is 2.43. The Morgan fingerprint density at radius 1 is 1.11 bits per heavy atom. The molecule has 6 heteroatoms. The van der Waals surface area contributed by atoms with Gasteiger partial charge in [0.1, 0.15) is 16.1 Å². The summed E-state index contributed by atoms with van der Waals surface area (Å²) >= 11 is 18.1. The third-order valence-corrected chi connectivity index (χ3v) is 3.48. The van der Waals surface area contributed by atoms with Crippen molar-refractivity contribution in [1.29, 1.82) is 0 Å². The van der Waals surface area contributed by atoms with Crippen LogP contribution in [0.2, 0.25) is 15.3 Å². The lowest BCUT2D eigenvalue weighted by Gasteiger charge is -2.09. The highest BCUT2D eigenvalue weighted by molar-refractivity contribution is 6.34. The third-order valence-electron chi connectivity index (χ3n) is 2.53. The van der Waals surface area contributed by atoms with E-state index in [1.165, 1.54) is 0 Å². The van der Waals surface area contributed by atoms with Gasteiger partial charge in [-0.15, -0.1) is 0 Å². The minimum absolute atomic E-state index is 0.340. The molecule has 0 spiro atoms. The number of aromatic nitrogens is 2. The van der Waals surface area contributed by atoms with Gasteiger partial charge in [-0.2, -0.15) is 0 Å². The SMILES string of the molecule is Cc1nc(Cl)c(Cc2cccc(Cl)c2N)c(Cl)n1. The molecule has 0 aliphatic heterocycles. The molecule has 2 rings (SSSR count). The predicted octanol–water partition coefficient (Wildman–Crippen LogP) is 3.92. The summed E-state index contributed by atoms with van der Waals surface area (Å²) < 4.78 is 0. The number of benzene rings is 1. The minimum Gasteiger partial charge on any atom is -0.397 e. The molecule has 1 aromatic heterocycles. The largest absolute Gasteiger partial charge is 0.397 e. The van der Waals surface area contributed by atoms with Gasteiger partial charge in [0.15, 0.2) is 0 Å². The molecule has 0 atom stereocenters. The molecule has 0 bridgehead atoms. The van der Waals surface area contributed by atoms with Gasteiger partial charge in [-0.25, -0.2) is 9.97 Å². The summed E-state index contributed by atoms with van der Waals surface area (Å²) in [5.41, 5.74) is 7.92. The molecule has 0 aliphatic rings. The van der Waals surface area contributed by atoms with Gasteiger partial charge in [0, 0.05) is 12.0 Å². The van der Waals surface area contributed by atoms with E-state index in [9.17, 15) is 0 Å². The second-order valence-corrected chi connectivity index (χ2v) is 4.94. The third kappa shape index (κ3) is 2.69. The van der Waals surface area contributed by atoms with Crippen LogP contribution in [0, 0.1) is 6.92 Å². The lowest BCUT2D eigenvalue weighted by Crippen LogP contribution is -2.01. The van der Waals surface area contributed by atoms with Gasteiger partial charge >= 0.3 is 0 Å². The van der Waals surface area contributed by atoms with E-state index in [4.69, 9.17) is 40.5 Å². The molecule has 0 saturated carbocycles. The van der Waals surface area contributed by atoms with Crippen molar-refractivity contribution >= 4 is 40.5 Å². The van der Waals surface area contributed by atoms with Gasteiger partial charge in [-0.05, 0) is 18.6 Å². The molecule has 0 fully saturated rings. The Hall–Kier alpha value is -1.03. The molecule has 0 saturated heterocycles. The number of hydrogen-bond donors (Lipinski definition) is 1. The van der Waals surface area contributed by atoms with Crippen LogP contribution in [0.15, 0.2) is 18.2 Å². The van der Waals surface area contributed by atoms with Crippen LogP contribution < -0.4 is 5.73 Å². The summed E-state index contributed by atoms with van der Waals surface area (Å²) in [7, 11) is 0. The lowest BCUT2D eigenvalue weighted by atomic mass is 10.1. The standard InChI is InChI=1S/C12H10Cl3N3/c1-6-17-11(14)8(12(15)18-6)5-7-3-2-4-9(13)10(7)16/h2-4H,5,16H2,1H3. The monoisotopic (exact) mass is 301 g/mol. The van der Waals surface area contributed by atoms with Gasteiger partial charge in [-0.3, -0.25) is 0 Å². The number of hydrogen-bond acceptors (Lipinski definition) is 3. The number of nitrogens with two attached hydrogens (primary N) is 1. The molecule has 3 nitrogen and oxygen atoms in total. The van der Waals surface area contributed by atoms with E-state index >= 15 is 0 Å². The maximum Gasteiger partial charge on any atom is 0.137 e. The van der Waals surface area contributed by atoms with Crippen molar-refractivity contribution in [3.8, 4) is 0 Å². The van der Waals surface area contributed by atoms with E-state index in [2.05, 4.69) is 9.97 Å². The highest BCUT2D eigenvalue weighted by Gasteiger charge is 2.13. The van der Waals surface area contributed by atoms with Crippen molar-refractivity contribution in [2.45, 2.75) is 13.3 Å². The molecule has 94 valence electrons. The van der Waals surface area contributed by atoms with Crippen molar-refractivity contribution in [3.05, 3.63) is 50.5 Å². The molecule has 0 radical (unpaired) electrons. The molecule has 0 aliphatic carbocycles. The summed E-state index contributed by atoms with van der Waals surface area (Å²) in [6.07, 6.45) is 0.449. The van der Waals surface area contributed by atoms with Crippen LogP contribution in [-0.2, 0) is 6.42 Å². The zero-order chi connectivity index (χ0) is 13.3. The Bertz CT molecular complexity index is 576. The van der Waals surface area contributed by atoms with Crippen LogP contribution in [0.1, 0.15) is 17.0 Å². The average molecular weight is 303 g/mol. The number of halogens is 3. The predicted molar refractivity (Wildman–Crippen MR) is 75.5 cm³/mol. The van der Waals surface area contributed by atoms with Gasteiger partial charge in [0.2, 0.25) is 0 Å². The van der Waals surface area contributed by atoms with Crippen LogP contribution in [0.5, 0.6) is 0 Å². The normalized spacial score (nSPS) is 10.7. The maximum absolute atomic E-state index is 6.07. The van der Waals surface area contributed by atoms with Gasteiger partial charge in [0.25, 0.3) is 0 Å². The smallest absolute Gasteiger partial charge is 0.137 e. The fourth-order valence-corrected chi connectivity index (χ4v) is 2.40. The number of nitrogens with zero attached hydrogens (tertiary/aromatic N) is 2. The summed E-state index contributed by atoms with van der Waals surface area (Å²) in [4.78, 5) is 8.16. The summed E-state index contributed by atoms with van der Waals surface area (Å²) in [6, 6.07) is 5.42. The Labute approximate surface area is 120 Å². The molecule has 0 unspecified atom stereocenters. The lowest BCUT2D eigenvalue weighted by molar-refractivity contribution is 1.01. The fourth-order valence-electron chi connectivity index (χ4n) is 1.60. The van der Waals surface area contributed by atoms with Gasteiger partial charge < -0.3 is 5.73 Å².